The minimum absolute atomic E-state index is 0.188. The van der Waals surface area contributed by atoms with Gasteiger partial charge in [0.1, 0.15) is 6.04 Å². The van der Waals surface area contributed by atoms with E-state index < -0.39 is 30.4 Å². The number of hydrogen-bond donors (Lipinski definition) is 4. The van der Waals surface area contributed by atoms with E-state index in [0.29, 0.717) is 5.69 Å². The Bertz CT molecular complexity index is 418. The number of H-pyrrole nitrogens is 1. The zero-order valence-electron chi connectivity index (χ0n) is 9.42. The highest BCUT2D eigenvalue weighted by molar-refractivity contribution is 5.86. The van der Waals surface area contributed by atoms with Gasteiger partial charge in [-0.2, -0.15) is 0 Å². The average Bonchev–Trinajstić information content (AvgIpc) is 2.80. The molecule has 0 spiro atoms. The molecule has 0 fully saturated rings. The van der Waals surface area contributed by atoms with E-state index in [1.807, 2.05) is 0 Å². The summed E-state index contributed by atoms with van der Waals surface area (Å²) in [6.07, 6.45) is 4.14. The first-order valence-corrected chi connectivity index (χ1v) is 5.16. The quantitative estimate of drug-likeness (QED) is 0.459. The van der Waals surface area contributed by atoms with Crippen molar-refractivity contribution in [3.8, 4) is 0 Å². The zero-order valence-corrected chi connectivity index (χ0v) is 9.42. The number of carbonyl (C=O) groups excluding carboxylic acids is 2. The fraction of sp³-hybridized carbons (Fsp3) is 0.400. The highest BCUT2D eigenvalue weighted by Gasteiger charge is 2.21. The number of nitrogens with two attached hydrogens (primary N) is 1. The summed E-state index contributed by atoms with van der Waals surface area (Å²) in [4.78, 5) is 39.0. The molecule has 0 aliphatic carbocycles. The maximum absolute atomic E-state index is 11.6. The van der Waals surface area contributed by atoms with Crippen molar-refractivity contribution in [1.29, 1.82) is 0 Å². The van der Waals surface area contributed by atoms with E-state index in [0.717, 1.165) is 0 Å². The Hall–Kier alpha value is -2.22. The molecule has 97 valence electrons. The third kappa shape index (κ3) is 4.34. The lowest BCUT2D eigenvalue weighted by Crippen LogP contribution is -2.47. The van der Waals surface area contributed by atoms with E-state index in [9.17, 15) is 14.4 Å². The van der Waals surface area contributed by atoms with Crippen LogP contribution in [0.15, 0.2) is 12.5 Å². The van der Waals surface area contributed by atoms with Crippen molar-refractivity contribution in [2.75, 3.05) is 0 Å². The average molecular weight is 253 g/mol. The SMILES string of the molecule is N[C@@H](Cc1c[nH]cn1)C(=O)N[C@H]([C]=O)CC(=O)O. The summed E-state index contributed by atoms with van der Waals surface area (Å²) < 4.78 is 0. The molecule has 1 rings (SSSR count). The number of nitrogens with one attached hydrogen (secondary N) is 2. The monoisotopic (exact) mass is 253 g/mol. The molecule has 0 bridgehead atoms. The van der Waals surface area contributed by atoms with Gasteiger partial charge >= 0.3 is 5.97 Å². The van der Waals surface area contributed by atoms with Crippen LogP contribution < -0.4 is 11.1 Å². The number of rotatable bonds is 7. The van der Waals surface area contributed by atoms with Crippen LogP contribution in [0.1, 0.15) is 12.1 Å². The molecule has 1 aromatic heterocycles. The Kier molecular flexibility index (Phi) is 5.00. The Morgan fingerprint density at radius 1 is 1.61 bits per heavy atom. The summed E-state index contributed by atoms with van der Waals surface area (Å²) >= 11 is 0. The van der Waals surface area contributed by atoms with E-state index in [1.165, 1.54) is 12.6 Å². The number of carbonyl (C=O) groups is 2. The first-order chi connectivity index (χ1) is 8.52. The topological polar surface area (TPSA) is 138 Å². The lowest BCUT2D eigenvalue weighted by atomic mass is 10.1. The number of hydrogen-bond acceptors (Lipinski definition) is 5. The van der Waals surface area contributed by atoms with Crippen LogP contribution in [-0.2, 0) is 20.8 Å². The maximum atomic E-state index is 11.6. The van der Waals surface area contributed by atoms with E-state index in [1.54, 1.807) is 6.20 Å². The second-order valence-electron chi connectivity index (χ2n) is 3.65. The molecule has 0 unspecified atom stereocenters. The van der Waals surface area contributed by atoms with Crippen molar-refractivity contribution in [3.63, 3.8) is 0 Å². The smallest absolute Gasteiger partial charge is 0.305 e. The molecule has 1 aromatic rings. The Labute approximate surface area is 103 Å². The summed E-state index contributed by atoms with van der Waals surface area (Å²) in [7, 11) is 0. The summed E-state index contributed by atoms with van der Waals surface area (Å²) in [6, 6.07) is -2.10. The molecule has 0 aliphatic heterocycles. The van der Waals surface area contributed by atoms with E-state index in [2.05, 4.69) is 15.3 Å². The maximum Gasteiger partial charge on any atom is 0.305 e. The first-order valence-electron chi connectivity index (χ1n) is 5.16. The molecule has 18 heavy (non-hydrogen) atoms. The van der Waals surface area contributed by atoms with Gasteiger partial charge in [-0.1, -0.05) is 0 Å². The van der Waals surface area contributed by atoms with Gasteiger partial charge in [0.25, 0.3) is 0 Å². The van der Waals surface area contributed by atoms with Gasteiger partial charge in [-0.3, -0.25) is 14.4 Å². The van der Waals surface area contributed by atoms with Gasteiger partial charge in [-0.25, -0.2) is 4.98 Å². The van der Waals surface area contributed by atoms with Crippen molar-refractivity contribution >= 4 is 18.2 Å². The first kappa shape index (κ1) is 13.8. The Morgan fingerprint density at radius 3 is 2.83 bits per heavy atom. The standard InChI is InChI=1S/C10H13N4O4/c11-8(1-6-3-12-5-13-6)10(18)14-7(4-15)2-9(16)17/h3,5,7-8H,1-2,11H2,(H,12,13)(H,14,18)(H,16,17)/t7-,8-/m0/s1. The third-order valence-corrected chi connectivity index (χ3v) is 2.16. The molecule has 0 aliphatic rings. The predicted molar refractivity (Wildman–Crippen MR) is 60.1 cm³/mol. The molecular formula is C10H13N4O4. The summed E-state index contributed by atoms with van der Waals surface area (Å²) in [5.74, 6) is -1.82. The van der Waals surface area contributed by atoms with Gasteiger partial charge in [0, 0.05) is 12.6 Å². The number of aliphatic carboxylic acids is 1. The molecular weight excluding hydrogens is 240 g/mol. The molecule has 8 heteroatoms. The van der Waals surface area contributed by atoms with Crippen LogP contribution in [0.25, 0.3) is 0 Å². The van der Waals surface area contributed by atoms with Crippen LogP contribution in [0.5, 0.6) is 0 Å². The minimum Gasteiger partial charge on any atom is -0.481 e. The van der Waals surface area contributed by atoms with Gasteiger partial charge in [0.15, 0.2) is 0 Å². The number of aromatic amines is 1. The number of aromatic nitrogens is 2. The highest BCUT2D eigenvalue weighted by Crippen LogP contribution is 1.97. The van der Waals surface area contributed by atoms with Crippen molar-refractivity contribution in [2.45, 2.75) is 24.9 Å². The second kappa shape index (κ2) is 6.50. The highest BCUT2D eigenvalue weighted by atomic mass is 16.4. The number of imidazole rings is 1. The van der Waals surface area contributed by atoms with Gasteiger partial charge < -0.3 is 21.1 Å². The van der Waals surface area contributed by atoms with Gasteiger partial charge in [-0.15, -0.1) is 0 Å². The van der Waals surface area contributed by atoms with Gasteiger partial charge in [0.05, 0.1) is 24.5 Å². The summed E-state index contributed by atoms with van der Waals surface area (Å²) in [5, 5.41) is 10.7. The predicted octanol–water partition coefficient (Wildman–Crippen LogP) is -1.65. The fourth-order valence-electron chi connectivity index (χ4n) is 1.30. The molecule has 8 nitrogen and oxygen atoms in total. The van der Waals surface area contributed by atoms with Crippen LogP contribution in [0, 0.1) is 0 Å². The Balaban J connectivity index is 2.47. The second-order valence-corrected chi connectivity index (χ2v) is 3.65. The van der Waals surface area contributed by atoms with Crippen LogP contribution in [0.2, 0.25) is 0 Å². The van der Waals surface area contributed by atoms with E-state index in [-0.39, 0.29) is 6.42 Å². The molecule has 1 amide bonds. The van der Waals surface area contributed by atoms with E-state index >= 15 is 0 Å². The molecule has 1 heterocycles. The van der Waals surface area contributed by atoms with Crippen molar-refractivity contribution in [2.24, 2.45) is 5.73 Å². The van der Waals surface area contributed by atoms with Crippen molar-refractivity contribution < 1.29 is 19.5 Å². The van der Waals surface area contributed by atoms with Crippen LogP contribution in [0.4, 0.5) is 0 Å². The lowest BCUT2D eigenvalue weighted by Gasteiger charge is -2.14. The van der Waals surface area contributed by atoms with Gasteiger partial charge in [-0.05, 0) is 0 Å². The lowest BCUT2D eigenvalue weighted by molar-refractivity contribution is -0.137. The molecule has 0 aromatic carbocycles. The molecule has 2 atom stereocenters. The van der Waals surface area contributed by atoms with Crippen LogP contribution in [0.3, 0.4) is 0 Å². The molecule has 5 N–H and O–H groups in total. The van der Waals surface area contributed by atoms with E-state index in [4.69, 9.17) is 10.8 Å². The normalized spacial score (nSPS) is 13.6. The largest absolute Gasteiger partial charge is 0.481 e. The van der Waals surface area contributed by atoms with Crippen LogP contribution >= 0.6 is 0 Å². The number of nitrogens with zero attached hydrogens (tertiary/aromatic N) is 1. The molecule has 0 saturated heterocycles. The number of carboxylic acids is 1. The Morgan fingerprint density at radius 2 is 2.33 bits per heavy atom. The molecule has 0 saturated carbocycles. The summed E-state index contributed by atoms with van der Waals surface area (Å²) in [6.45, 7) is 0. The van der Waals surface area contributed by atoms with Gasteiger partial charge in [0.2, 0.25) is 12.2 Å². The fourth-order valence-corrected chi connectivity index (χ4v) is 1.30. The third-order valence-electron chi connectivity index (χ3n) is 2.16. The minimum atomic E-state index is -1.20. The van der Waals surface area contributed by atoms with Crippen molar-refractivity contribution in [3.05, 3.63) is 18.2 Å². The zero-order chi connectivity index (χ0) is 13.5. The summed E-state index contributed by atoms with van der Waals surface area (Å²) in [5.41, 5.74) is 6.20. The van der Waals surface area contributed by atoms with Crippen LogP contribution in [-0.4, -0.2) is 45.3 Å². The number of amides is 1. The van der Waals surface area contributed by atoms with Crippen molar-refractivity contribution in [1.82, 2.24) is 15.3 Å². The number of carboxylic acid groups (broad SMARTS) is 1. The molecule has 1 radical (unpaired) electrons.